The van der Waals surface area contributed by atoms with E-state index in [1.54, 1.807) is 24.4 Å². The summed E-state index contributed by atoms with van der Waals surface area (Å²) in [5.41, 5.74) is 1.12. The Bertz CT molecular complexity index is 901. The molecule has 0 bridgehead atoms. The van der Waals surface area contributed by atoms with Crippen molar-refractivity contribution < 1.29 is 9.90 Å². The first-order valence-corrected chi connectivity index (χ1v) is 8.19. The average Bonchev–Trinajstić information content (AvgIpc) is 2.97. The topological polar surface area (TPSA) is 88.6 Å². The van der Waals surface area contributed by atoms with E-state index in [2.05, 4.69) is 10.4 Å². The molecular formula is C18H20N4O3. The Kier molecular flexibility index (Phi) is 5.25. The second kappa shape index (κ2) is 7.76. The van der Waals surface area contributed by atoms with E-state index in [9.17, 15) is 14.7 Å². The number of aliphatic hydroxyl groups is 1. The molecule has 0 saturated heterocycles. The summed E-state index contributed by atoms with van der Waals surface area (Å²) in [6.45, 7) is 0.586. The summed E-state index contributed by atoms with van der Waals surface area (Å²) in [4.78, 5) is 24.0. The molecule has 0 radical (unpaired) electrons. The van der Waals surface area contributed by atoms with Crippen LogP contribution in [0.4, 0.5) is 0 Å². The average molecular weight is 340 g/mol. The maximum atomic E-state index is 12.1. The number of benzene rings is 1. The number of fused-ring (bicyclic) bond motifs is 1. The first-order valence-electron chi connectivity index (χ1n) is 8.19. The van der Waals surface area contributed by atoms with Crippen molar-refractivity contribution in [2.45, 2.75) is 25.5 Å². The SMILES string of the molecule is O=C(CCn1nc2ccccn2c1=O)NCCC(O)c1ccccc1. The van der Waals surface area contributed by atoms with Gasteiger partial charge in [0.05, 0.1) is 12.6 Å². The van der Waals surface area contributed by atoms with Crippen molar-refractivity contribution >= 4 is 11.6 Å². The van der Waals surface area contributed by atoms with E-state index in [-0.39, 0.29) is 24.6 Å². The molecule has 3 rings (SSSR count). The summed E-state index contributed by atoms with van der Waals surface area (Å²) in [5, 5.41) is 17.0. The van der Waals surface area contributed by atoms with E-state index < -0.39 is 6.10 Å². The van der Waals surface area contributed by atoms with Gasteiger partial charge >= 0.3 is 5.69 Å². The minimum Gasteiger partial charge on any atom is -0.388 e. The van der Waals surface area contributed by atoms with E-state index in [0.717, 1.165) is 5.56 Å². The zero-order valence-electron chi connectivity index (χ0n) is 13.7. The molecule has 0 fully saturated rings. The molecule has 2 N–H and O–H groups in total. The summed E-state index contributed by atoms with van der Waals surface area (Å²) in [7, 11) is 0. The number of hydrogen-bond donors (Lipinski definition) is 2. The Labute approximate surface area is 144 Å². The minimum absolute atomic E-state index is 0.158. The molecule has 25 heavy (non-hydrogen) atoms. The summed E-state index contributed by atoms with van der Waals surface area (Å²) in [6, 6.07) is 14.6. The van der Waals surface area contributed by atoms with Gasteiger partial charge in [0.2, 0.25) is 5.91 Å². The Balaban J connectivity index is 1.46. The lowest BCUT2D eigenvalue weighted by atomic mass is 10.1. The first-order chi connectivity index (χ1) is 12.1. The van der Waals surface area contributed by atoms with Crippen LogP contribution in [0.2, 0.25) is 0 Å². The highest BCUT2D eigenvalue weighted by Crippen LogP contribution is 2.14. The van der Waals surface area contributed by atoms with Gasteiger partial charge in [-0.1, -0.05) is 36.4 Å². The van der Waals surface area contributed by atoms with Crippen LogP contribution in [0, 0.1) is 0 Å². The summed E-state index contributed by atoms with van der Waals surface area (Å²) < 4.78 is 2.72. The molecule has 2 aromatic heterocycles. The Hall–Kier alpha value is -2.93. The smallest absolute Gasteiger partial charge is 0.350 e. The number of hydrogen-bond acceptors (Lipinski definition) is 4. The number of rotatable bonds is 7. The second-order valence-corrected chi connectivity index (χ2v) is 5.75. The molecule has 0 spiro atoms. The van der Waals surface area contributed by atoms with Gasteiger partial charge in [0.15, 0.2) is 5.65 Å². The number of nitrogens with zero attached hydrogens (tertiary/aromatic N) is 3. The van der Waals surface area contributed by atoms with Gasteiger partial charge in [-0.2, -0.15) is 0 Å². The minimum atomic E-state index is -0.609. The largest absolute Gasteiger partial charge is 0.388 e. The third-order valence-electron chi connectivity index (χ3n) is 3.96. The Morgan fingerprint density at radius 1 is 1.16 bits per heavy atom. The van der Waals surface area contributed by atoms with Gasteiger partial charge < -0.3 is 10.4 Å². The van der Waals surface area contributed by atoms with E-state index in [1.165, 1.54) is 9.08 Å². The number of aromatic nitrogens is 3. The summed E-state index contributed by atoms with van der Waals surface area (Å²) in [6.07, 6.45) is 1.63. The molecule has 0 aliphatic carbocycles. The fourth-order valence-electron chi connectivity index (χ4n) is 2.60. The molecular weight excluding hydrogens is 320 g/mol. The lowest BCUT2D eigenvalue weighted by Crippen LogP contribution is -2.29. The van der Waals surface area contributed by atoms with Crippen LogP contribution in [0.3, 0.4) is 0 Å². The standard InChI is InChI=1S/C18H20N4O3/c23-15(14-6-2-1-3-7-14)9-11-19-17(24)10-13-22-18(25)21-12-5-4-8-16(21)20-22/h1-8,12,15,23H,9-11,13H2,(H,19,24). The van der Waals surface area contributed by atoms with Gasteiger partial charge in [0, 0.05) is 19.2 Å². The van der Waals surface area contributed by atoms with Gasteiger partial charge in [-0.3, -0.25) is 9.20 Å². The van der Waals surface area contributed by atoms with Crippen molar-refractivity contribution in [1.29, 1.82) is 0 Å². The van der Waals surface area contributed by atoms with Crippen LogP contribution in [0.1, 0.15) is 24.5 Å². The van der Waals surface area contributed by atoms with Crippen molar-refractivity contribution in [1.82, 2.24) is 19.5 Å². The van der Waals surface area contributed by atoms with Gasteiger partial charge in [-0.25, -0.2) is 9.48 Å². The van der Waals surface area contributed by atoms with E-state index in [1.807, 2.05) is 30.3 Å². The van der Waals surface area contributed by atoms with Crippen LogP contribution in [0.15, 0.2) is 59.5 Å². The molecule has 0 aliphatic rings. The Morgan fingerprint density at radius 2 is 1.92 bits per heavy atom. The lowest BCUT2D eigenvalue weighted by molar-refractivity contribution is -0.121. The highest BCUT2D eigenvalue weighted by atomic mass is 16.3. The number of carbonyl (C=O) groups is 1. The van der Waals surface area contributed by atoms with E-state index in [4.69, 9.17) is 0 Å². The van der Waals surface area contributed by atoms with Crippen LogP contribution in [-0.4, -0.2) is 31.7 Å². The molecule has 0 saturated carbocycles. The number of amides is 1. The molecule has 0 aliphatic heterocycles. The molecule has 130 valence electrons. The fraction of sp³-hybridized carbons (Fsp3) is 0.278. The van der Waals surface area contributed by atoms with Crippen LogP contribution in [0.5, 0.6) is 0 Å². The monoisotopic (exact) mass is 340 g/mol. The van der Waals surface area contributed by atoms with Crippen molar-refractivity contribution in [2.24, 2.45) is 0 Å². The van der Waals surface area contributed by atoms with Crippen LogP contribution in [-0.2, 0) is 11.3 Å². The quantitative estimate of drug-likeness (QED) is 0.675. The third-order valence-corrected chi connectivity index (χ3v) is 3.96. The molecule has 1 atom stereocenters. The number of carbonyl (C=O) groups excluding carboxylic acids is 1. The first kappa shape index (κ1) is 16.9. The molecule has 1 unspecified atom stereocenters. The zero-order valence-corrected chi connectivity index (χ0v) is 13.7. The van der Waals surface area contributed by atoms with Crippen molar-refractivity contribution in [3.05, 3.63) is 70.8 Å². The lowest BCUT2D eigenvalue weighted by Gasteiger charge is -2.11. The molecule has 7 nitrogen and oxygen atoms in total. The predicted molar refractivity (Wildman–Crippen MR) is 93.1 cm³/mol. The van der Waals surface area contributed by atoms with Gasteiger partial charge in [-0.05, 0) is 24.1 Å². The molecule has 7 heteroatoms. The normalized spacial score (nSPS) is 12.2. The van der Waals surface area contributed by atoms with E-state index >= 15 is 0 Å². The summed E-state index contributed by atoms with van der Waals surface area (Å²) >= 11 is 0. The maximum absolute atomic E-state index is 12.1. The van der Waals surface area contributed by atoms with Gasteiger partial charge in [0.1, 0.15) is 0 Å². The maximum Gasteiger partial charge on any atom is 0.350 e. The fourth-order valence-corrected chi connectivity index (χ4v) is 2.60. The molecule has 2 heterocycles. The predicted octanol–water partition coefficient (Wildman–Crippen LogP) is 1.13. The van der Waals surface area contributed by atoms with Crippen molar-refractivity contribution in [3.63, 3.8) is 0 Å². The summed E-state index contributed by atoms with van der Waals surface area (Å²) in [5.74, 6) is -0.177. The number of pyridine rings is 1. The van der Waals surface area contributed by atoms with Crippen LogP contribution in [0.25, 0.3) is 5.65 Å². The zero-order chi connectivity index (χ0) is 17.6. The highest BCUT2D eigenvalue weighted by molar-refractivity contribution is 5.75. The number of aliphatic hydroxyl groups excluding tert-OH is 1. The van der Waals surface area contributed by atoms with Gasteiger partial charge in [0.25, 0.3) is 0 Å². The van der Waals surface area contributed by atoms with Crippen LogP contribution >= 0.6 is 0 Å². The van der Waals surface area contributed by atoms with Crippen molar-refractivity contribution in [3.8, 4) is 0 Å². The van der Waals surface area contributed by atoms with Crippen LogP contribution < -0.4 is 11.0 Å². The van der Waals surface area contributed by atoms with E-state index in [0.29, 0.717) is 18.6 Å². The number of aryl methyl sites for hydroxylation is 1. The van der Waals surface area contributed by atoms with Gasteiger partial charge in [-0.15, -0.1) is 5.10 Å². The number of nitrogens with one attached hydrogen (secondary N) is 1. The highest BCUT2D eigenvalue weighted by Gasteiger charge is 2.10. The molecule has 1 aromatic carbocycles. The molecule has 3 aromatic rings. The third kappa shape index (κ3) is 4.13. The van der Waals surface area contributed by atoms with Crippen molar-refractivity contribution in [2.75, 3.05) is 6.54 Å². The Morgan fingerprint density at radius 3 is 2.68 bits per heavy atom. The second-order valence-electron chi connectivity index (χ2n) is 5.75. The molecule has 1 amide bonds.